The van der Waals surface area contributed by atoms with Crippen molar-refractivity contribution in [3.8, 4) is 0 Å². The van der Waals surface area contributed by atoms with E-state index in [-0.39, 0.29) is 6.42 Å². The van der Waals surface area contributed by atoms with Crippen LogP contribution in [0.3, 0.4) is 0 Å². The number of benzene rings is 1. The molecule has 0 heterocycles. The van der Waals surface area contributed by atoms with Crippen molar-refractivity contribution in [1.82, 2.24) is 5.32 Å². The summed E-state index contributed by atoms with van der Waals surface area (Å²) in [6.45, 7) is 5.85. The Balaban J connectivity index is 2.91. The van der Waals surface area contributed by atoms with Crippen molar-refractivity contribution < 1.29 is 19.7 Å². The number of aryl methyl sites for hydroxylation is 2. The van der Waals surface area contributed by atoms with Gasteiger partial charge in [0.05, 0.1) is 25.7 Å². The van der Waals surface area contributed by atoms with Gasteiger partial charge < -0.3 is 20.3 Å². The zero-order valence-electron chi connectivity index (χ0n) is 13.1. The Morgan fingerprint density at radius 2 is 2.00 bits per heavy atom. The molecule has 0 amide bonds. The van der Waals surface area contributed by atoms with Crippen molar-refractivity contribution in [1.29, 1.82) is 0 Å². The summed E-state index contributed by atoms with van der Waals surface area (Å²) in [4.78, 5) is 11.5. The number of carbonyl (C=O) groups is 1. The van der Waals surface area contributed by atoms with Crippen LogP contribution < -0.4 is 5.32 Å². The zero-order valence-corrected chi connectivity index (χ0v) is 13.1. The van der Waals surface area contributed by atoms with Gasteiger partial charge in [-0.3, -0.25) is 4.79 Å². The Labute approximate surface area is 125 Å². The first-order valence-electron chi connectivity index (χ1n) is 7.08. The molecular formula is C16H25NO4. The van der Waals surface area contributed by atoms with E-state index >= 15 is 0 Å². The van der Waals surface area contributed by atoms with Crippen LogP contribution in [0.15, 0.2) is 18.2 Å². The van der Waals surface area contributed by atoms with E-state index in [0.29, 0.717) is 6.54 Å². The molecule has 3 atom stereocenters. The smallest absolute Gasteiger partial charge is 0.307 e. The second kappa shape index (κ2) is 8.12. The molecule has 0 saturated carbocycles. The normalized spacial score (nSPS) is 15.3. The molecule has 3 N–H and O–H groups in total. The van der Waals surface area contributed by atoms with Crippen molar-refractivity contribution in [3.63, 3.8) is 0 Å². The molecule has 0 radical (unpaired) electrons. The number of hydrogen-bond donors (Lipinski definition) is 3. The fourth-order valence-electron chi connectivity index (χ4n) is 2.25. The summed E-state index contributed by atoms with van der Waals surface area (Å²) in [7, 11) is 1.32. The fourth-order valence-corrected chi connectivity index (χ4v) is 2.25. The van der Waals surface area contributed by atoms with E-state index in [4.69, 9.17) is 0 Å². The summed E-state index contributed by atoms with van der Waals surface area (Å²) in [5.41, 5.74) is 2.86. The number of ether oxygens (including phenoxy) is 1. The largest absolute Gasteiger partial charge is 0.469 e. The van der Waals surface area contributed by atoms with E-state index in [2.05, 4.69) is 10.1 Å². The topological polar surface area (TPSA) is 78.8 Å². The zero-order chi connectivity index (χ0) is 16.0. The van der Waals surface area contributed by atoms with Crippen LogP contribution in [0.25, 0.3) is 0 Å². The molecule has 0 saturated heterocycles. The number of hydrogen-bond acceptors (Lipinski definition) is 5. The molecule has 0 aliphatic heterocycles. The highest BCUT2D eigenvalue weighted by molar-refractivity contribution is 5.70. The van der Waals surface area contributed by atoms with Crippen LogP contribution in [-0.4, -0.2) is 42.0 Å². The maximum Gasteiger partial charge on any atom is 0.307 e. The Morgan fingerprint density at radius 3 is 2.52 bits per heavy atom. The van der Waals surface area contributed by atoms with Crippen molar-refractivity contribution in [2.24, 2.45) is 0 Å². The van der Waals surface area contributed by atoms with E-state index in [1.54, 1.807) is 6.92 Å². The highest BCUT2D eigenvalue weighted by Gasteiger charge is 2.25. The van der Waals surface area contributed by atoms with E-state index in [9.17, 15) is 15.0 Å². The van der Waals surface area contributed by atoms with E-state index in [1.807, 2.05) is 32.0 Å². The highest BCUT2D eigenvalue weighted by atomic mass is 16.5. The molecule has 0 aliphatic carbocycles. The molecule has 1 rings (SSSR count). The molecule has 118 valence electrons. The summed E-state index contributed by atoms with van der Waals surface area (Å²) >= 11 is 0. The molecule has 0 fully saturated rings. The van der Waals surface area contributed by atoms with E-state index in [0.717, 1.165) is 16.7 Å². The predicted octanol–water partition coefficient (Wildman–Crippen LogP) is 1.24. The lowest BCUT2D eigenvalue weighted by atomic mass is 9.94. The van der Waals surface area contributed by atoms with Gasteiger partial charge in [-0.1, -0.05) is 23.8 Å². The van der Waals surface area contributed by atoms with Crippen LogP contribution in [-0.2, 0) is 9.53 Å². The van der Waals surface area contributed by atoms with Gasteiger partial charge in [0.1, 0.15) is 0 Å². The molecule has 1 aromatic rings. The maximum absolute atomic E-state index is 11.5. The molecule has 3 unspecified atom stereocenters. The lowest BCUT2D eigenvalue weighted by molar-refractivity contribution is -0.142. The van der Waals surface area contributed by atoms with Crippen LogP contribution in [0, 0.1) is 13.8 Å². The number of aliphatic hydroxyl groups excluding tert-OH is 2. The highest BCUT2D eigenvalue weighted by Crippen LogP contribution is 2.23. The second-order valence-electron chi connectivity index (χ2n) is 5.45. The molecule has 21 heavy (non-hydrogen) atoms. The molecule has 1 aromatic carbocycles. The van der Waals surface area contributed by atoms with Crippen molar-refractivity contribution in [2.45, 2.75) is 45.4 Å². The number of nitrogens with one attached hydrogen (secondary N) is 1. The Morgan fingerprint density at radius 1 is 1.33 bits per heavy atom. The van der Waals surface area contributed by atoms with Gasteiger partial charge in [0.15, 0.2) is 0 Å². The van der Waals surface area contributed by atoms with Crippen LogP contribution >= 0.6 is 0 Å². The molecule has 0 aromatic heterocycles. The average Bonchev–Trinajstić information content (AvgIpc) is 2.42. The summed E-state index contributed by atoms with van der Waals surface area (Å²) in [5, 5.41) is 23.0. The monoisotopic (exact) mass is 295 g/mol. The third kappa shape index (κ3) is 5.46. The van der Waals surface area contributed by atoms with Gasteiger partial charge in [0, 0.05) is 12.6 Å². The first kappa shape index (κ1) is 17.6. The number of aliphatic hydroxyl groups is 2. The van der Waals surface area contributed by atoms with Crippen LogP contribution in [0.5, 0.6) is 0 Å². The van der Waals surface area contributed by atoms with Gasteiger partial charge in [-0.25, -0.2) is 0 Å². The van der Waals surface area contributed by atoms with Crippen molar-refractivity contribution in [3.05, 3.63) is 34.9 Å². The minimum Gasteiger partial charge on any atom is -0.469 e. The number of methoxy groups -OCH3 is 1. The lowest BCUT2D eigenvalue weighted by Gasteiger charge is -2.25. The van der Waals surface area contributed by atoms with Gasteiger partial charge in [-0.05, 0) is 31.9 Å². The first-order chi connectivity index (χ1) is 9.85. The SMILES string of the molecule is COC(=O)CC(NCC(C)O)C(O)c1ccc(C)cc1C. The molecule has 5 nitrogen and oxygen atoms in total. The van der Waals surface area contributed by atoms with Gasteiger partial charge in [0.25, 0.3) is 0 Å². The molecule has 0 aliphatic rings. The molecule has 0 bridgehead atoms. The van der Waals surface area contributed by atoms with Crippen LogP contribution in [0.2, 0.25) is 0 Å². The average molecular weight is 295 g/mol. The molecule has 5 heteroatoms. The van der Waals surface area contributed by atoms with E-state index in [1.165, 1.54) is 7.11 Å². The fraction of sp³-hybridized carbons (Fsp3) is 0.562. The van der Waals surface area contributed by atoms with Gasteiger partial charge in [-0.15, -0.1) is 0 Å². The van der Waals surface area contributed by atoms with Crippen LogP contribution in [0.1, 0.15) is 36.1 Å². The quantitative estimate of drug-likeness (QED) is 0.660. The Kier molecular flexibility index (Phi) is 6.81. The number of esters is 1. The maximum atomic E-state index is 11.5. The van der Waals surface area contributed by atoms with Crippen molar-refractivity contribution in [2.75, 3.05) is 13.7 Å². The Bertz CT molecular complexity index is 473. The summed E-state index contributed by atoms with van der Waals surface area (Å²) in [6, 6.07) is 5.27. The Hall–Kier alpha value is -1.43. The standard InChI is InChI=1S/C16H25NO4/c1-10-5-6-13(11(2)7-10)16(20)14(8-15(19)21-4)17-9-12(3)18/h5-7,12,14,16-18,20H,8-9H2,1-4H3. The van der Waals surface area contributed by atoms with Gasteiger partial charge in [-0.2, -0.15) is 0 Å². The second-order valence-corrected chi connectivity index (χ2v) is 5.45. The van der Waals surface area contributed by atoms with Crippen LogP contribution in [0.4, 0.5) is 0 Å². The summed E-state index contributed by atoms with van der Waals surface area (Å²) < 4.78 is 4.67. The minimum atomic E-state index is -0.844. The summed E-state index contributed by atoms with van der Waals surface area (Å²) in [5.74, 6) is -0.401. The third-order valence-corrected chi connectivity index (χ3v) is 3.41. The third-order valence-electron chi connectivity index (χ3n) is 3.41. The van der Waals surface area contributed by atoms with Gasteiger partial charge in [0.2, 0.25) is 0 Å². The van der Waals surface area contributed by atoms with Crippen molar-refractivity contribution >= 4 is 5.97 Å². The lowest BCUT2D eigenvalue weighted by Crippen LogP contribution is -2.40. The van der Waals surface area contributed by atoms with Gasteiger partial charge >= 0.3 is 5.97 Å². The first-order valence-corrected chi connectivity index (χ1v) is 7.08. The molecule has 0 spiro atoms. The minimum absolute atomic E-state index is 0.0394. The van der Waals surface area contributed by atoms with E-state index < -0.39 is 24.2 Å². The number of rotatable bonds is 7. The predicted molar refractivity (Wildman–Crippen MR) is 81.0 cm³/mol. The number of carbonyl (C=O) groups excluding carboxylic acids is 1. The summed E-state index contributed by atoms with van der Waals surface area (Å²) in [6.07, 6.45) is -1.36. The molecular weight excluding hydrogens is 270 g/mol.